The topological polar surface area (TPSA) is 28.2 Å². The molecule has 0 bridgehead atoms. The van der Waals surface area contributed by atoms with Crippen molar-refractivity contribution in [1.29, 1.82) is 0 Å². The van der Waals surface area contributed by atoms with Gasteiger partial charge in [-0.1, -0.05) is 20.8 Å². The summed E-state index contributed by atoms with van der Waals surface area (Å²) in [6.45, 7) is 10.9. The molecule has 102 valence electrons. The smallest absolute Gasteiger partial charge is 0.0598 e. The summed E-state index contributed by atoms with van der Waals surface area (Å²) in [7, 11) is 2.16. The molecule has 18 heavy (non-hydrogen) atoms. The Bertz CT molecular complexity index is 349. The van der Waals surface area contributed by atoms with E-state index in [0.717, 1.165) is 13.1 Å². The van der Waals surface area contributed by atoms with E-state index < -0.39 is 0 Å². The Morgan fingerprint density at radius 2 is 2.06 bits per heavy atom. The van der Waals surface area contributed by atoms with E-state index in [0.29, 0.717) is 12.0 Å². The Labute approximate surface area is 112 Å². The lowest BCUT2D eigenvalue weighted by Gasteiger charge is -2.31. The van der Waals surface area contributed by atoms with Crippen LogP contribution < -0.4 is 10.2 Å². The molecule has 0 aromatic carbocycles. The maximum atomic E-state index is 4.27. The molecule has 0 saturated heterocycles. The second-order valence-electron chi connectivity index (χ2n) is 5.28. The molecule has 0 spiro atoms. The van der Waals surface area contributed by atoms with Gasteiger partial charge in [0.25, 0.3) is 0 Å². The summed E-state index contributed by atoms with van der Waals surface area (Å²) >= 11 is 0. The van der Waals surface area contributed by atoms with Gasteiger partial charge < -0.3 is 10.2 Å². The molecule has 0 radical (unpaired) electrons. The maximum Gasteiger partial charge on any atom is 0.0598 e. The third-order valence-electron chi connectivity index (χ3n) is 3.59. The van der Waals surface area contributed by atoms with Crippen LogP contribution in [-0.2, 0) is 6.54 Å². The first kappa shape index (κ1) is 15.0. The van der Waals surface area contributed by atoms with Gasteiger partial charge in [0, 0.05) is 25.8 Å². The Morgan fingerprint density at radius 3 is 2.67 bits per heavy atom. The highest BCUT2D eigenvalue weighted by atomic mass is 15.1. The first-order chi connectivity index (χ1) is 8.57. The predicted octanol–water partition coefficient (Wildman–Crippen LogP) is 3.06. The van der Waals surface area contributed by atoms with Gasteiger partial charge in [-0.25, -0.2) is 0 Å². The zero-order valence-electron chi connectivity index (χ0n) is 12.4. The van der Waals surface area contributed by atoms with Crippen LogP contribution in [0.15, 0.2) is 18.5 Å². The Kier molecular flexibility index (Phi) is 6.13. The third kappa shape index (κ3) is 3.98. The molecule has 0 fully saturated rings. The predicted molar refractivity (Wildman–Crippen MR) is 78.9 cm³/mol. The molecule has 0 saturated carbocycles. The Balaban J connectivity index is 2.80. The quantitative estimate of drug-likeness (QED) is 0.753. The first-order valence-electron chi connectivity index (χ1n) is 6.94. The molecule has 1 heterocycles. The van der Waals surface area contributed by atoms with E-state index in [1.807, 2.05) is 12.4 Å². The molecule has 1 aromatic heterocycles. The summed E-state index contributed by atoms with van der Waals surface area (Å²) in [5.41, 5.74) is 2.57. The van der Waals surface area contributed by atoms with Crippen LogP contribution in [0.5, 0.6) is 0 Å². The van der Waals surface area contributed by atoms with Crippen LogP contribution in [0.3, 0.4) is 0 Å². The fraction of sp³-hybridized carbons (Fsp3) is 0.667. The number of hydrogen-bond acceptors (Lipinski definition) is 3. The number of nitrogens with one attached hydrogen (secondary N) is 1. The van der Waals surface area contributed by atoms with E-state index in [1.54, 1.807) is 0 Å². The van der Waals surface area contributed by atoms with Gasteiger partial charge in [0.05, 0.1) is 11.9 Å². The minimum atomic E-state index is 0.513. The molecule has 1 N–H and O–H groups in total. The lowest BCUT2D eigenvalue weighted by molar-refractivity contribution is 0.503. The molecule has 3 nitrogen and oxygen atoms in total. The van der Waals surface area contributed by atoms with Gasteiger partial charge in [-0.15, -0.1) is 0 Å². The van der Waals surface area contributed by atoms with Crippen molar-refractivity contribution >= 4 is 5.69 Å². The van der Waals surface area contributed by atoms with Crippen molar-refractivity contribution < 1.29 is 0 Å². The average molecular weight is 249 g/mol. The fourth-order valence-corrected chi connectivity index (χ4v) is 1.95. The highest BCUT2D eigenvalue weighted by Gasteiger charge is 2.16. The summed E-state index contributed by atoms with van der Waals surface area (Å²) in [5, 5.41) is 3.46. The largest absolute Gasteiger partial charge is 0.370 e. The number of aromatic nitrogens is 1. The van der Waals surface area contributed by atoms with Gasteiger partial charge in [-0.05, 0) is 37.4 Å². The maximum absolute atomic E-state index is 4.27. The van der Waals surface area contributed by atoms with E-state index in [4.69, 9.17) is 0 Å². The molecule has 1 rings (SSSR count). The number of nitrogens with zero attached hydrogens (tertiary/aromatic N) is 2. The Hall–Kier alpha value is -1.09. The van der Waals surface area contributed by atoms with Gasteiger partial charge in [0.2, 0.25) is 0 Å². The standard InChI is InChI=1S/C15H27N3/c1-6-8-16-10-14-7-9-17-11-15(14)18(5)13(4)12(2)3/h7,9,11-13,16H,6,8,10H2,1-5H3. The summed E-state index contributed by atoms with van der Waals surface area (Å²) in [6.07, 6.45) is 5.01. The molecule has 0 aliphatic heterocycles. The van der Waals surface area contributed by atoms with Crippen LogP contribution in [0.25, 0.3) is 0 Å². The van der Waals surface area contributed by atoms with Crippen molar-refractivity contribution in [3.8, 4) is 0 Å². The van der Waals surface area contributed by atoms with Crippen LogP contribution >= 0.6 is 0 Å². The first-order valence-corrected chi connectivity index (χ1v) is 6.94. The van der Waals surface area contributed by atoms with Crippen molar-refractivity contribution in [3.05, 3.63) is 24.0 Å². The van der Waals surface area contributed by atoms with Crippen molar-refractivity contribution in [3.63, 3.8) is 0 Å². The third-order valence-corrected chi connectivity index (χ3v) is 3.59. The molecule has 0 amide bonds. The molecular formula is C15H27N3. The highest BCUT2D eigenvalue weighted by Crippen LogP contribution is 2.22. The minimum absolute atomic E-state index is 0.513. The highest BCUT2D eigenvalue weighted by molar-refractivity contribution is 5.51. The number of rotatable bonds is 7. The second kappa shape index (κ2) is 7.37. The zero-order valence-corrected chi connectivity index (χ0v) is 12.4. The van der Waals surface area contributed by atoms with Crippen LogP contribution in [0.1, 0.15) is 39.7 Å². The monoisotopic (exact) mass is 249 g/mol. The van der Waals surface area contributed by atoms with Crippen LogP contribution in [-0.4, -0.2) is 24.6 Å². The van der Waals surface area contributed by atoms with Crippen molar-refractivity contribution in [2.75, 3.05) is 18.5 Å². The zero-order chi connectivity index (χ0) is 13.5. The van der Waals surface area contributed by atoms with Gasteiger partial charge >= 0.3 is 0 Å². The van der Waals surface area contributed by atoms with Crippen molar-refractivity contribution in [2.45, 2.75) is 46.7 Å². The van der Waals surface area contributed by atoms with Gasteiger partial charge in [-0.3, -0.25) is 4.98 Å². The molecule has 0 aliphatic carbocycles. The van der Waals surface area contributed by atoms with E-state index >= 15 is 0 Å². The normalized spacial score (nSPS) is 12.8. The summed E-state index contributed by atoms with van der Waals surface area (Å²) in [5.74, 6) is 0.631. The van der Waals surface area contributed by atoms with E-state index in [2.05, 4.69) is 56.0 Å². The van der Waals surface area contributed by atoms with Crippen molar-refractivity contribution in [1.82, 2.24) is 10.3 Å². The summed E-state index contributed by atoms with van der Waals surface area (Å²) in [4.78, 5) is 6.60. The molecule has 1 unspecified atom stereocenters. The molecule has 0 aliphatic rings. The molecule has 1 aromatic rings. The van der Waals surface area contributed by atoms with Crippen LogP contribution in [0, 0.1) is 5.92 Å². The van der Waals surface area contributed by atoms with Gasteiger partial charge in [0.1, 0.15) is 0 Å². The van der Waals surface area contributed by atoms with Gasteiger partial charge in [0.15, 0.2) is 0 Å². The second-order valence-corrected chi connectivity index (χ2v) is 5.28. The van der Waals surface area contributed by atoms with Gasteiger partial charge in [-0.2, -0.15) is 0 Å². The molecular weight excluding hydrogens is 222 g/mol. The van der Waals surface area contributed by atoms with E-state index in [9.17, 15) is 0 Å². The summed E-state index contributed by atoms with van der Waals surface area (Å²) < 4.78 is 0. The molecule has 1 atom stereocenters. The van der Waals surface area contributed by atoms with E-state index in [1.165, 1.54) is 17.7 Å². The fourth-order valence-electron chi connectivity index (χ4n) is 1.95. The lowest BCUT2D eigenvalue weighted by Crippen LogP contribution is -2.34. The minimum Gasteiger partial charge on any atom is -0.370 e. The van der Waals surface area contributed by atoms with Crippen LogP contribution in [0.2, 0.25) is 0 Å². The number of pyridine rings is 1. The lowest BCUT2D eigenvalue weighted by atomic mass is 10.0. The SMILES string of the molecule is CCCNCc1ccncc1N(C)C(C)C(C)C. The molecule has 3 heteroatoms. The van der Waals surface area contributed by atoms with Crippen LogP contribution in [0.4, 0.5) is 5.69 Å². The van der Waals surface area contributed by atoms with E-state index in [-0.39, 0.29) is 0 Å². The Morgan fingerprint density at radius 1 is 1.33 bits per heavy atom. The number of hydrogen-bond donors (Lipinski definition) is 1. The number of anilines is 1. The summed E-state index contributed by atoms with van der Waals surface area (Å²) in [6, 6.07) is 2.63. The average Bonchev–Trinajstić information content (AvgIpc) is 2.38. The van der Waals surface area contributed by atoms with Crippen molar-refractivity contribution in [2.24, 2.45) is 5.92 Å².